The number of carbonyl (C=O) groups excluding carboxylic acids is 1. The van der Waals surface area contributed by atoms with Crippen LogP contribution in [0.4, 0.5) is 0 Å². The van der Waals surface area contributed by atoms with Gasteiger partial charge < -0.3 is 18.9 Å². The van der Waals surface area contributed by atoms with Crippen molar-refractivity contribution in [3.05, 3.63) is 77.9 Å². The van der Waals surface area contributed by atoms with Gasteiger partial charge in [0.25, 0.3) is 5.91 Å². The second-order valence-electron chi connectivity index (χ2n) is 7.76. The van der Waals surface area contributed by atoms with Crippen molar-refractivity contribution in [2.24, 2.45) is 5.10 Å². The highest BCUT2D eigenvalue weighted by Crippen LogP contribution is 2.30. The van der Waals surface area contributed by atoms with Gasteiger partial charge in [0.15, 0.2) is 11.5 Å². The molecule has 0 atom stereocenters. The van der Waals surface area contributed by atoms with E-state index in [1.165, 1.54) is 46.7 Å². The Bertz CT molecular complexity index is 1350. The van der Waals surface area contributed by atoms with Crippen LogP contribution >= 0.6 is 0 Å². The van der Waals surface area contributed by atoms with Gasteiger partial charge in [-0.05, 0) is 41.5 Å². The number of amides is 1. The van der Waals surface area contributed by atoms with E-state index in [0.29, 0.717) is 29.4 Å². The van der Waals surface area contributed by atoms with Gasteiger partial charge >= 0.3 is 0 Å². The van der Waals surface area contributed by atoms with Gasteiger partial charge in [0.2, 0.25) is 10.0 Å². The van der Waals surface area contributed by atoms with Gasteiger partial charge in [0, 0.05) is 13.1 Å². The second kappa shape index (κ2) is 12.7. The van der Waals surface area contributed by atoms with Crippen LogP contribution in [0.25, 0.3) is 0 Å². The number of nitrogens with one attached hydrogen (secondary N) is 1. The van der Waals surface area contributed by atoms with Crippen LogP contribution in [0, 0.1) is 0 Å². The van der Waals surface area contributed by atoms with Gasteiger partial charge in [-0.15, -0.1) is 0 Å². The fourth-order valence-corrected chi connectivity index (χ4v) is 4.57. The van der Waals surface area contributed by atoms with E-state index in [0.717, 1.165) is 9.87 Å². The molecular weight excluding hydrogens is 498 g/mol. The minimum Gasteiger partial charge on any atom is -0.497 e. The minimum absolute atomic E-state index is 0.116. The normalized spacial score (nSPS) is 11.4. The molecule has 0 aliphatic heterocycles. The zero-order chi connectivity index (χ0) is 26.8. The third-order valence-corrected chi connectivity index (χ3v) is 7.08. The molecule has 1 N–H and O–H groups in total. The smallest absolute Gasteiger partial charge is 0.255 e. The largest absolute Gasteiger partial charge is 0.497 e. The summed E-state index contributed by atoms with van der Waals surface area (Å²) in [4.78, 5) is 12.2. The van der Waals surface area contributed by atoms with Gasteiger partial charge in [-0.3, -0.25) is 4.79 Å². The zero-order valence-corrected chi connectivity index (χ0v) is 21.8. The molecule has 0 aliphatic carbocycles. The molecule has 11 heteroatoms. The predicted octanol–water partition coefficient (Wildman–Crippen LogP) is 3.06. The first kappa shape index (κ1) is 27.5. The second-order valence-corrected chi connectivity index (χ2v) is 9.77. The first-order valence-electron chi connectivity index (χ1n) is 11.1. The van der Waals surface area contributed by atoms with E-state index in [9.17, 15) is 13.2 Å². The van der Waals surface area contributed by atoms with Gasteiger partial charge in [-0.1, -0.05) is 30.3 Å². The van der Waals surface area contributed by atoms with Crippen LogP contribution in [-0.4, -0.2) is 59.8 Å². The molecule has 0 fully saturated rings. The summed E-state index contributed by atoms with van der Waals surface area (Å²) in [6.45, 7) is -0.0750. The molecule has 3 rings (SSSR count). The molecule has 0 saturated heterocycles. The van der Waals surface area contributed by atoms with Crippen LogP contribution in [0.2, 0.25) is 0 Å². The number of likely N-dealkylation sites (N-methyl/N-ethyl adjacent to an activating group) is 1. The van der Waals surface area contributed by atoms with Crippen molar-refractivity contribution in [2.75, 3.05) is 34.9 Å². The summed E-state index contributed by atoms with van der Waals surface area (Å²) in [5.41, 5.74) is 4.00. The minimum atomic E-state index is -4.04. The number of benzene rings is 3. The maximum absolute atomic E-state index is 13.0. The van der Waals surface area contributed by atoms with Crippen molar-refractivity contribution >= 4 is 22.1 Å². The Hall–Kier alpha value is -4.09. The predicted molar refractivity (Wildman–Crippen MR) is 139 cm³/mol. The third-order valence-electron chi connectivity index (χ3n) is 5.25. The lowest BCUT2D eigenvalue weighted by molar-refractivity contribution is -0.121. The zero-order valence-electron chi connectivity index (χ0n) is 21.0. The summed E-state index contributed by atoms with van der Waals surface area (Å²) in [5.74, 6) is 0.917. The summed E-state index contributed by atoms with van der Waals surface area (Å²) in [6, 6.07) is 19.3. The Morgan fingerprint density at radius 1 is 0.919 bits per heavy atom. The van der Waals surface area contributed by atoms with Crippen molar-refractivity contribution in [2.45, 2.75) is 11.5 Å². The van der Waals surface area contributed by atoms with E-state index < -0.39 is 22.5 Å². The molecule has 0 radical (unpaired) electrons. The molecule has 0 unspecified atom stereocenters. The summed E-state index contributed by atoms with van der Waals surface area (Å²) in [5, 5.41) is 3.92. The average molecular weight is 528 g/mol. The number of methoxy groups -OCH3 is 3. The molecule has 3 aromatic carbocycles. The topological polar surface area (TPSA) is 116 Å². The maximum atomic E-state index is 13.0. The number of hydrogen-bond acceptors (Lipinski definition) is 8. The molecular formula is C26H29N3O7S. The Kier molecular flexibility index (Phi) is 9.47. The monoisotopic (exact) mass is 527 g/mol. The van der Waals surface area contributed by atoms with Gasteiger partial charge in [0.1, 0.15) is 23.0 Å². The van der Waals surface area contributed by atoms with Crippen molar-refractivity contribution in [1.29, 1.82) is 0 Å². The molecule has 0 aromatic heterocycles. The van der Waals surface area contributed by atoms with Gasteiger partial charge in [-0.25, -0.2) is 13.8 Å². The van der Waals surface area contributed by atoms with E-state index in [-0.39, 0.29) is 10.6 Å². The van der Waals surface area contributed by atoms with Crippen LogP contribution in [-0.2, 0) is 21.4 Å². The number of carbonyl (C=O) groups is 1. The summed E-state index contributed by atoms with van der Waals surface area (Å²) < 4.78 is 48.4. The van der Waals surface area contributed by atoms with Crippen molar-refractivity contribution < 1.29 is 32.2 Å². The van der Waals surface area contributed by atoms with Crippen LogP contribution in [0.1, 0.15) is 11.1 Å². The Morgan fingerprint density at radius 3 is 2.30 bits per heavy atom. The highest BCUT2D eigenvalue weighted by atomic mass is 32.2. The van der Waals surface area contributed by atoms with Gasteiger partial charge in [0.05, 0.1) is 34.1 Å². The number of ether oxygens (including phenoxy) is 4. The molecule has 0 aliphatic rings. The molecule has 1 amide bonds. The summed E-state index contributed by atoms with van der Waals surface area (Å²) >= 11 is 0. The Morgan fingerprint density at radius 2 is 1.62 bits per heavy atom. The van der Waals surface area contributed by atoms with E-state index in [4.69, 9.17) is 18.9 Å². The lowest BCUT2D eigenvalue weighted by Crippen LogP contribution is -2.36. The molecule has 0 bridgehead atoms. The molecule has 37 heavy (non-hydrogen) atoms. The molecule has 3 aromatic rings. The number of hydrogen-bond donors (Lipinski definition) is 1. The highest BCUT2D eigenvalue weighted by molar-refractivity contribution is 7.89. The van der Waals surface area contributed by atoms with E-state index in [2.05, 4.69) is 10.5 Å². The van der Waals surface area contributed by atoms with Crippen LogP contribution in [0.15, 0.2) is 76.7 Å². The van der Waals surface area contributed by atoms with Crippen molar-refractivity contribution in [3.63, 3.8) is 0 Å². The summed E-state index contributed by atoms with van der Waals surface area (Å²) in [6.07, 6.45) is 1.42. The fraction of sp³-hybridized carbons (Fsp3) is 0.231. The molecule has 0 heterocycles. The molecule has 10 nitrogen and oxygen atoms in total. The lowest BCUT2D eigenvalue weighted by Gasteiger charge is -2.18. The van der Waals surface area contributed by atoms with Crippen LogP contribution in [0.3, 0.4) is 0 Å². The maximum Gasteiger partial charge on any atom is 0.255 e. The van der Waals surface area contributed by atoms with Crippen molar-refractivity contribution in [1.82, 2.24) is 9.73 Å². The summed E-state index contributed by atoms with van der Waals surface area (Å²) in [7, 11) is 1.56. The van der Waals surface area contributed by atoms with Crippen LogP contribution in [0.5, 0.6) is 23.0 Å². The van der Waals surface area contributed by atoms with E-state index in [1.54, 1.807) is 24.3 Å². The molecule has 0 saturated carbocycles. The number of sulfonamides is 1. The highest BCUT2D eigenvalue weighted by Gasteiger charge is 2.27. The number of rotatable bonds is 12. The molecule has 196 valence electrons. The first-order valence-corrected chi connectivity index (χ1v) is 12.6. The van der Waals surface area contributed by atoms with E-state index in [1.807, 2.05) is 30.3 Å². The number of nitrogens with zero attached hydrogens (tertiary/aromatic N) is 2. The standard InChI is InChI=1S/C26H29N3O7S/c1-29(37(31,32)25-15-21(33-2)11-13-23(25)34-3)17-26(30)28-27-16-20-10-12-22(24(14-20)35-4)36-18-19-8-6-5-7-9-19/h5-16H,17-18H2,1-4H3,(H,28,30)/b27-16+. The van der Waals surface area contributed by atoms with Crippen molar-refractivity contribution in [3.8, 4) is 23.0 Å². The first-order chi connectivity index (χ1) is 17.8. The van der Waals surface area contributed by atoms with E-state index >= 15 is 0 Å². The quantitative estimate of drug-likeness (QED) is 0.284. The Labute approximate surface area is 216 Å². The fourth-order valence-electron chi connectivity index (χ4n) is 3.27. The van der Waals surface area contributed by atoms with Crippen LogP contribution < -0.4 is 24.4 Å². The Balaban J connectivity index is 1.61. The third kappa shape index (κ3) is 7.21. The molecule has 0 spiro atoms. The average Bonchev–Trinajstić information content (AvgIpc) is 2.92. The number of hydrazone groups is 1. The SMILES string of the molecule is COc1ccc(OC)c(S(=O)(=O)N(C)CC(=O)N/N=C/c2ccc(OCc3ccccc3)c(OC)c2)c1. The van der Waals surface area contributed by atoms with Gasteiger partial charge in [-0.2, -0.15) is 9.41 Å². The lowest BCUT2D eigenvalue weighted by atomic mass is 10.2.